The molecule has 0 spiro atoms. The van der Waals surface area contributed by atoms with Crippen molar-refractivity contribution in [3.05, 3.63) is 40.6 Å². The van der Waals surface area contributed by atoms with Crippen LogP contribution in [0.15, 0.2) is 35.1 Å². The van der Waals surface area contributed by atoms with Crippen molar-refractivity contribution in [2.24, 2.45) is 7.05 Å². The van der Waals surface area contributed by atoms with E-state index in [1.165, 1.54) is 14.2 Å². The van der Waals surface area contributed by atoms with Gasteiger partial charge in [-0.05, 0) is 12.1 Å². The summed E-state index contributed by atoms with van der Waals surface area (Å²) in [5.74, 6) is 1.46. The molecule has 0 aliphatic rings. The molecule has 0 aliphatic carbocycles. The molecule has 3 aromatic rings. The number of hydrogen-bond acceptors (Lipinski definition) is 4. The highest BCUT2D eigenvalue weighted by Gasteiger charge is 2.20. The Hall–Kier alpha value is -2.69. The van der Waals surface area contributed by atoms with Crippen LogP contribution in [0.4, 0.5) is 0 Å². The fraction of sp³-hybridized carbons (Fsp3) is 0.235. The van der Waals surface area contributed by atoms with Crippen LogP contribution >= 0.6 is 0 Å². The molecule has 0 aliphatic heterocycles. The Balaban J connectivity index is 2.68. The average molecular weight is 299 g/mol. The predicted octanol–water partition coefficient (Wildman–Crippen LogP) is 2.72. The summed E-state index contributed by atoms with van der Waals surface area (Å²) in [5.41, 5.74) is 1.42. The van der Waals surface area contributed by atoms with E-state index < -0.39 is 0 Å². The number of fused-ring (bicyclic) bond motifs is 2. The van der Waals surface area contributed by atoms with E-state index in [2.05, 4.69) is 0 Å². The number of aryl methyl sites for hydroxylation is 1. The zero-order chi connectivity index (χ0) is 15.9. The molecule has 1 heterocycles. The van der Waals surface area contributed by atoms with E-state index in [1.54, 1.807) is 13.2 Å². The number of ether oxygens (including phenoxy) is 3. The van der Waals surface area contributed by atoms with Gasteiger partial charge in [0, 0.05) is 18.5 Å². The van der Waals surface area contributed by atoms with Gasteiger partial charge in [-0.3, -0.25) is 4.79 Å². The van der Waals surface area contributed by atoms with Gasteiger partial charge in [-0.25, -0.2) is 0 Å². The van der Waals surface area contributed by atoms with Crippen molar-refractivity contribution >= 4 is 21.8 Å². The predicted molar refractivity (Wildman–Crippen MR) is 86.4 cm³/mol. The van der Waals surface area contributed by atoms with E-state index in [0.29, 0.717) is 33.5 Å². The zero-order valence-corrected chi connectivity index (χ0v) is 13.0. The van der Waals surface area contributed by atoms with Gasteiger partial charge in [-0.15, -0.1) is 0 Å². The molecular formula is C17H17NO4. The molecule has 2 aromatic carbocycles. The lowest BCUT2D eigenvalue weighted by Crippen LogP contribution is -2.12. The minimum absolute atomic E-state index is 0.0993. The van der Waals surface area contributed by atoms with Gasteiger partial charge in [0.15, 0.2) is 11.5 Å². The molecule has 0 fully saturated rings. The Morgan fingerprint density at radius 2 is 1.64 bits per heavy atom. The smallest absolute Gasteiger partial charge is 0.201 e. The van der Waals surface area contributed by atoms with Crippen molar-refractivity contribution in [3.63, 3.8) is 0 Å². The number of rotatable bonds is 3. The monoisotopic (exact) mass is 299 g/mol. The number of para-hydroxylation sites is 1. The first-order chi connectivity index (χ1) is 10.6. The molecule has 0 saturated carbocycles. The summed E-state index contributed by atoms with van der Waals surface area (Å²) in [7, 11) is 6.53. The number of aromatic nitrogens is 1. The fourth-order valence-corrected chi connectivity index (χ4v) is 2.87. The lowest BCUT2D eigenvalue weighted by Gasteiger charge is -2.17. The van der Waals surface area contributed by atoms with Crippen LogP contribution in [0.2, 0.25) is 0 Å². The molecule has 0 radical (unpaired) electrons. The van der Waals surface area contributed by atoms with Gasteiger partial charge in [0.2, 0.25) is 5.43 Å². The average Bonchev–Trinajstić information content (AvgIpc) is 2.57. The minimum Gasteiger partial charge on any atom is -0.494 e. The van der Waals surface area contributed by atoms with E-state index in [9.17, 15) is 4.79 Å². The second-order valence-electron chi connectivity index (χ2n) is 4.94. The third-order valence-corrected chi connectivity index (χ3v) is 3.90. The highest BCUT2D eigenvalue weighted by molar-refractivity contribution is 6.00. The highest BCUT2D eigenvalue weighted by Crippen LogP contribution is 2.40. The van der Waals surface area contributed by atoms with Gasteiger partial charge in [-0.2, -0.15) is 0 Å². The van der Waals surface area contributed by atoms with Gasteiger partial charge < -0.3 is 18.8 Å². The first kappa shape index (κ1) is 14.3. The summed E-state index contributed by atoms with van der Waals surface area (Å²) >= 11 is 0. The van der Waals surface area contributed by atoms with Crippen molar-refractivity contribution < 1.29 is 14.2 Å². The number of methoxy groups -OCH3 is 3. The maximum Gasteiger partial charge on any atom is 0.201 e. The first-order valence-corrected chi connectivity index (χ1v) is 6.84. The topological polar surface area (TPSA) is 49.7 Å². The van der Waals surface area contributed by atoms with Crippen LogP contribution in [-0.2, 0) is 7.05 Å². The van der Waals surface area contributed by atoms with Gasteiger partial charge >= 0.3 is 0 Å². The third-order valence-electron chi connectivity index (χ3n) is 3.90. The standard InChI is InChI=1S/C17H17NO4/c1-18-11-8-6-5-7-10(11)16(19)14-15(18)12(20-2)9-13(21-3)17(14)22-4/h5-9H,1-4H3. The zero-order valence-electron chi connectivity index (χ0n) is 13.0. The van der Waals surface area contributed by atoms with Crippen molar-refractivity contribution in [3.8, 4) is 17.2 Å². The van der Waals surface area contributed by atoms with Crippen LogP contribution in [0, 0.1) is 0 Å². The summed E-state index contributed by atoms with van der Waals surface area (Å²) in [6.45, 7) is 0. The second kappa shape index (κ2) is 5.26. The Morgan fingerprint density at radius 1 is 0.955 bits per heavy atom. The van der Waals surface area contributed by atoms with Gasteiger partial charge in [0.25, 0.3) is 0 Å². The molecule has 114 valence electrons. The Kier molecular flexibility index (Phi) is 3.41. The number of nitrogens with zero attached hydrogens (tertiary/aromatic N) is 1. The fourth-order valence-electron chi connectivity index (χ4n) is 2.87. The molecule has 5 heteroatoms. The molecule has 3 rings (SSSR count). The van der Waals surface area contributed by atoms with Crippen molar-refractivity contribution in [2.45, 2.75) is 0 Å². The minimum atomic E-state index is -0.0993. The Bertz CT molecular complexity index is 927. The SMILES string of the molecule is COc1cc(OC)c2c(c1OC)c(=O)c1ccccc1n2C. The lowest BCUT2D eigenvalue weighted by atomic mass is 10.1. The molecule has 0 atom stereocenters. The van der Waals surface area contributed by atoms with E-state index in [0.717, 1.165) is 5.52 Å². The number of pyridine rings is 1. The molecule has 0 saturated heterocycles. The van der Waals surface area contributed by atoms with Crippen LogP contribution < -0.4 is 19.6 Å². The Morgan fingerprint density at radius 3 is 2.27 bits per heavy atom. The van der Waals surface area contributed by atoms with Gasteiger partial charge in [-0.1, -0.05) is 12.1 Å². The van der Waals surface area contributed by atoms with Gasteiger partial charge in [0.1, 0.15) is 5.75 Å². The molecule has 0 bridgehead atoms. The third kappa shape index (κ3) is 1.82. The van der Waals surface area contributed by atoms with Crippen LogP contribution in [0.5, 0.6) is 17.2 Å². The second-order valence-corrected chi connectivity index (χ2v) is 4.94. The molecule has 0 unspecified atom stereocenters. The van der Waals surface area contributed by atoms with Crippen LogP contribution in [0.25, 0.3) is 21.8 Å². The molecule has 0 amide bonds. The van der Waals surface area contributed by atoms with Gasteiger partial charge in [0.05, 0.1) is 37.7 Å². The van der Waals surface area contributed by atoms with Crippen LogP contribution in [0.3, 0.4) is 0 Å². The summed E-state index contributed by atoms with van der Waals surface area (Å²) in [6, 6.07) is 9.20. The molecule has 0 N–H and O–H groups in total. The maximum absolute atomic E-state index is 13.0. The quantitative estimate of drug-likeness (QED) is 0.698. The number of hydrogen-bond donors (Lipinski definition) is 0. The summed E-state index contributed by atoms with van der Waals surface area (Å²) < 4.78 is 18.2. The molecule has 1 aromatic heterocycles. The van der Waals surface area contributed by atoms with E-state index in [-0.39, 0.29) is 5.43 Å². The first-order valence-electron chi connectivity index (χ1n) is 6.84. The van der Waals surface area contributed by atoms with E-state index >= 15 is 0 Å². The van der Waals surface area contributed by atoms with E-state index in [4.69, 9.17) is 14.2 Å². The Labute approximate surface area is 127 Å². The van der Waals surface area contributed by atoms with Crippen LogP contribution in [-0.4, -0.2) is 25.9 Å². The molecule has 5 nitrogen and oxygen atoms in total. The maximum atomic E-state index is 13.0. The van der Waals surface area contributed by atoms with Crippen molar-refractivity contribution in [2.75, 3.05) is 21.3 Å². The van der Waals surface area contributed by atoms with E-state index in [1.807, 2.05) is 35.9 Å². The highest BCUT2D eigenvalue weighted by atomic mass is 16.5. The molecule has 22 heavy (non-hydrogen) atoms. The largest absolute Gasteiger partial charge is 0.494 e. The lowest BCUT2D eigenvalue weighted by molar-refractivity contribution is 0.353. The van der Waals surface area contributed by atoms with Crippen LogP contribution in [0.1, 0.15) is 0 Å². The molecular weight excluding hydrogens is 282 g/mol. The normalized spacial score (nSPS) is 10.9. The number of benzene rings is 2. The van der Waals surface area contributed by atoms with Crippen molar-refractivity contribution in [1.29, 1.82) is 0 Å². The summed E-state index contributed by atoms with van der Waals surface area (Å²) in [5, 5.41) is 1.09. The summed E-state index contributed by atoms with van der Waals surface area (Å²) in [4.78, 5) is 13.0. The summed E-state index contributed by atoms with van der Waals surface area (Å²) in [6.07, 6.45) is 0. The van der Waals surface area contributed by atoms with Crippen molar-refractivity contribution in [1.82, 2.24) is 4.57 Å².